The number of nitrogens with zero attached hydrogens (tertiary/aromatic N) is 1. The van der Waals surface area contributed by atoms with Gasteiger partial charge in [0, 0.05) is 36.0 Å². The number of aromatic nitrogens is 1. The molecule has 5 nitrogen and oxygen atoms in total. The highest BCUT2D eigenvalue weighted by Crippen LogP contribution is 2.38. The van der Waals surface area contributed by atoms with E-state index in [4.69, 9.17) is 9.47 Å². The first kappa shape index (κ1) is 14.4. The normalized spacial score (nSPS) is 15.8. The molecule has 0 fully saturated rings. The maximum atomic E-state index is 12.3. The molecule has 2 aromatic rings. The Kier molecular flexibility index (Phi) is 3.96. The molecular weight excluding hydrogens is 280 g/mol. The van der Waals surface area contributed by atoms with Crippen LogP contribution in [-0.2, 0) is 6.42 Å². The molecule has 0 unspecified atom stereocenters. The van der Waals surface area contributed by atoms with E-state index in [2.05, 4.69) is 10.3 Å². The van der Waals surface area contributed by atoms with E-state index < -0.39 is 0 Å². The Morgan fingerprint density at radius 3 is 2.91 bits per heavy atom. The smallest absolute Gasteiger partial charge is 0.255 e. The van der Waals surface area contributed by atoms with Crippen molar-refractivity contribution in [3.8, 4) is 11.5 Å². The largest absolute Gasteiger partial charge is 0.492 e. The van der Waals surface area contributed by atoms with Gasteiger partial charge in [0.05, 0.1) is 12.3 Å². The summed E-state index contributed by atoms with van der Waals surface area (Å²) in [5.41, 5.74) is 2.28. The second kappa shape index (κ2) is 6.05. The number of pyridine rings is 1. The minimum Gasteiger partial charge on any atom is -0.492 e. The number of fused-ring (bicyclic) bond motifs is 1. The van der Waals surface area contributed by atoms with Crippen molar-refractivity contribution in [2.45, 2.75) is 26.4 Å². The summed E-state index contributed by atoms with van der Waals surface area (Å²) in [6, 6.07) is 7.12. The Labute approximate surface area is 129 Å². The van der Waals surface area contributed by atoms with Gasteiger partial charge in [-0.1, -0.05) is 0 Å². The van der Waals surface area contributed by atoms with Crippen LogP contribution in [0.2, 0.25) is 0 Å². The summed E-state index contributed by atoms with van der Waals surface area (Å²) in [5, 5.41) is 2.88. The molecule has 1 N–H and O–H groups in total. The van der Waals surface area contributed by atoms with Gasteiger partial charge in [-0.25, -0.2) is 0 Å². The number of hydrogen-bond donors (Lipinski definition) is 1. The Morgan fingerprint density at radius 1 is 1.41 bits per heavy atom. The number of nitrogens with one attached hydrogen (secondary N) is 1. The van der Waals surface area contributed by atoms with Crippen LogP contribution in [0.4, 0.5) is 5.69 Å². The maximum absolute atomic E-state index is 12.3. The molecule has 0 spiro atoms. The average Bonchev–Trinajstić information content (AvgIpc) is 2.87. The lowest BCUT2D eigenvalue weighted by atomic mass is 10.1. The maximum Gasteiger partial charge on any atom is 0.255 e. The minimum absolute atomic E-state index is 0.149. The highest BCUT2D eigenvalue weighted by Gasteiger charge is 2.22. The number of amides is 1. The van der Waals surface area contributed by atoms with Gasteiger partial charge in [-0.2, -0.15) is 0 Å². The van der Waals surface area contributed by atoms with Gasteiger partial charge < -0.3 is 14.8 Å². The van der Waals surface area contributed by atoms with E-state index in [1.54, 1.807) is 24.5 Å². The minimum atomic E-state index is -0.200. The lowest BCUT2D eigenvalue weighted by Gasteiger charge is -2.13. The fourth-order valence-electron chi connectivity index (χ4n) is 2.51. The van der Waals surface area contributed by atoms with E-state index in [1.807, 2.05) is 26.0 Å². The first-order valence-electron chi connectivity index (χ1n) is 7.35. The predicted octanol–water partition coefficient (Wildman–Crippen LogP) is 3.06. The second-order valence-corrected chi connectivity index (χ2v) is 5.21. The van der Waals surface area contributed by atoms with Gasteiger partial charge in [-0.15, -0.1) is 0 Å². The third kappa shape index (κ3) is 2.88. The molecule has 0 bridgehead atoms. The summed E-state index contributed by atoms with van der Waals surface area (Å²) in [5.74, 6) is 1.27. The summed E-state index contributed by atoms with van der Waals surface area (Å²) in [6.07, 6.45) is 4.18. The van der Waals surface area contributed by atoms with Crippen molar-refractivity contribution >= 4 is 11.6 Å². The first-order valence-corrected chi connectivity index (χ1v) is 7.35. The molecule has 0 saturated carbocycles. The van der Waals surface area contributed by atoms with Gasteiger partial charge in [0.1, 0.15) is 17.6 Å². The fourth-order valence-corrected chi connectivity index (χ4v) is 2.51. The molecule has 1 aliphatic rings. The summed E-state index contributed by atoms with van der Waals surface area (Å²) in [7, 11) is 0. The van der Waals surface area contributed by atoms with E-state index in [-0.39, 0.29) is 12.0 Å². The summed E-state index contributed by atoms with van der Waals surface area (Å²) < 4.78 is 11.4. The Balaban J connectivity index is 1.89. The molecule has 22 heavy (non-hydrogen) atoms. The summed E-state index contributed by atoms with van der Waals surface area (Å²) in [4.78, 5) is 16.2. The zero-order chi connectivity index (χ0) is 15.5. The average molecular weight is 298 g/mol. The van der Waals surface area contributed by atoms with Gasteiger partial charge in [-0.3, -0.25) is 9.78 Å². The van der Waals surface area contributed by atoms with Crippen LogP contribution in [-0.4, -0.2) is 23.6 Å². The first-order chi connectivity index (χ1) is 10.7. The van der Waals surface area contributed by atoms with Crippen LogP contribution < -0.4 is 14.8 Å². The number of hydrogen-bond acceptors (Lipinski definition) is 4. The quantitative estimate of drug-likeness (QED) is 0.942. The molecule has 1 aliphatic heterocycles. The van der Waals surface area contributed by atoms with E-state index in [0.717, 1.165) is 17.7 Å². The zero-order valence-corrected chi connectivity index (χ0v) is 12.6. The van der Waals surface area contributed by atoms with Gasteiger partial charge in [-0.05, 0) is 32.0 Å². The van der Waals surface area contributed by atoms with Crippen molar-refractivity contribution < 1.29 is 14.3 Å². The van der Waals surface area contributed by atoms with Crippen LogP contribution in [0.1, 0.15) is 29.8 Å². The molecular formula is C17H18N2O3. The van der Waals surface area contributed by atoms with Crippen LogP contribution in [0.15, 0.2) is 36.7 Å². The third-order valence-corrected chi connectivity index (χ3v) is 3.49. The number of rotatable bonds is 4. The van der Waals surface area contributed by atoms with E-state index in [9.17, 15) is 4.79 Å². The van der Waals surface area contributed by atoms with Crippen molar-refractivity contribution in [3.05, 3.63) is 47.8 Å². The summed E-state index contributed by atoms with van der Waals surface area (Å²) >= 11 is 0. The van der Waals surface area contributed by atoms with Crippen LogP contribution >= 0.6 is 0 Å². The van der Waals surface area contributed by atoms with Gasteiger partial charge >= 0.3 is 0 Å². The monoisotopic (exact) mass is 298 g/mol. The second-order valence-electron chi connectivity index (χ2n) is 5.21. The SMILES string of the molecule is CCOc1cc2c(cc1NC(=O)c1ccncc1)O[C@H](C)C2. The Morgan fingerprint density at radius 2 is 2.18 bits per heavy atom. The molecule has 0 aliphatic carbocycles. The molecule has 5 heteroatoms. The Bertz CT molecular complexity index is 686. The molecule has 1 atom stereocenters. The van der Waals surface area contributed by atoms with Crippen molar-refractivity contribution in [3.63, 3.8) is 0 Å². The van der Waals surface area contributed by atoms with Crippen molar-refractivity contribution in [1.82, 2.24) is 4.98 Å². The fraction of sp³-hybridized carbons (Fsp3) is 0.294. The van der Waals surface area contributed by atoms with E-state index in [0.29, 0.717) is 23.6 Å². The highest BCUT2D eigenvalue weighted by molar-refractivity contribution is 6.05. The lowest BCUT2D eigenvalue weighted by Crippen LogP contribution is -2.13. The molecule has 3 rings (SSSR count). The van der Waals surface area contributed by atoms with Crippen molar-refractivity contribution in [2.24, 2.45) is 0 Å². The van der Waals surface area contributed by atoms with Crippen LogP contribution in [0.3, 0.4) is 0 Å². The van der Waals surface area contributed by atoms with Crippen LogP contribution in [0.25, 0.3) is 0 Å². The van der Waals surface area contributed by atoms with Gasteiger partial charge in [0.2, 0.25) is 0 Å². The number of carbonyl (C=O) groups is 1. The number of ether oxygens (including phenoxy) is 2. The van der Waals surface area contributed by atoms with Gasteiger partial charge in [0.15, 0.2) is 0 Å². The van der Waals surface area contributed by atoms with Crippen molar-refractivity contribution in [2.75, 3.05) is 11.9 Å². The molecule has 1 amide bonds. The molecule has 2 heterocycles. The van der Waals surface area contributed by atoms with E-state index >= 15 is 0 Å². The predicted molar refractivity (Wildman–Crippen MR) is 83.6 cm³/mol. The topological polar surface area (TPSA) is 60.5 Å². The molecule has 0 radical (unpaired) electrons. The highest BCUT2D eigenvalue weighted by atomic mass is 16.5. The van der Waals surface area contributed by atoms with E-state index in [1.165, 1.54) is 0 Å². The zero-order valence-electron chi connectivity index (χ0n) is 12.6. The van der Waals surface area contributed by atoms with Crippen molar-refractivity contribution in [1.29, 1.82) is 0 Å². The van der Waals surface area contributed by atoms with Gasteiger partial charge in [0.25, 0.3) is 5.91 Å². The van der Waals surface area contributed by atoms with Crippen LogP contribution in [0, 0.1) is 0 Å². The number of anilines is 1. The van der Waals surface area contributed by atoms with Crippen LogP contribution in [0.5, 0.6) is 11.5 Å². The molecule has 1 aromatic carbocycles. The molecule has 0 saturated heterocycles. The third-order valence-electron chi connectivity index (χ3n) is 3.49. The summed E-state index contributed by atoms with van der Waals surface area (Å²) in [6.45, 7) is 4.48. The Hall–Kier alpha value is -2.56. The standard InChI is InChI=1S/C17H18N2O3/c1-3-21-16-9-13-8-11(2)22-15(13)10-14(16)19-17(20)12-4-6-18-7-5-12/h4-7,9-11H,3,8H2,1-2H3,(H,19,20)/t11-/m1/s1. The number of benzene rings is 1. The number of carbonyl (C=O) groups excluding carboxylic acids is 1. The molecule has 114 valence electrons. The molecule has 1 aromatic heterocycles. The lowest BCUT2D eigenvalue weighted by molar-refractivity contribution is 0.102.